The number of halogens is 1. The molecule has 0 aromatic heterocycles. The standard InChI is InChI=1S/C14H18FN3O2/c1-18(8-10-3-2-4-11(15)7-10)9-13(19)17-14(20)16-12-5-6-12/h2-4,7,12H,5-6,8-9H2,1H3,(H2,16,17,19,20). The summed E-state index contributed by atoms with van der Waals surface area (Å²) >= 11 is 0. The van der Waals surface area contributed by atoms with E-state index in [0.717, 1.165) is 18.4 Å². The summed E-state index contributed by atoms with van der Waals surface area (Å²) in [6.07, 6.45) is 1.95. The molecule has 3 amide bonds. The van der Waals surface area contributed by atoms with Crippen LogP contribution in [0.2, 0.25) is 0 Å². The maximum absolute atomic E-state index is 13.0. The number of rotatable bonds is 5. The van der Waals surface area contributed by atoms with Gasteiger partial charge >= 0.3 is 6.03 Å². The third kappa shape index (κ3) is 4.97. The summed E-state index contributed by atoms with van der Waals surface area (Å²) in [5, 5.41) is 4.95. The van der Waals surface area contributed by atoms with Gasteiger partial charge in [0.1, 0.15) is 5.82 Å². The number of carbonyl (C=O) groups excluding carboxylic acids is 2. The Balaban J connectivity index is 1.74. The molecule has 0 unspecified atom stereocenters. The molecule has 0 heterocycles. The van der Waals surface area contributed by atoms with Gasteiger partial charge in [0.25, 0.3) is 0 Å². The topological polar surface area (TPSA) is 61.4 Å². The van der Waals surface area contributed by atoms with Crippen molar-refractivity contribution in [1.82, 2.24) is 15.5 Å². The van der Waals surface area contributed by atoms with Crippen LogP contribution in [0.4, 0.5) is 9.18 Å². The Hall–Kier alpha value is -1.95. The summed E-state index contributed by atoms with van der Waals surface area (Å²) in [7, 11) is 1.74. The van der Waals surface area contributed by atoms with Crippen molar-refractivity contribution in [3.05, 3.63) is 35.6 Å². The molecule has 6 heteroatoms. The third-order valence-electron chi connectivity index (χ3n) is 2.92. The molecule has 1 aromatic rings. The number of amides is 3. The minimum atomic E-state index is -0.448. The van der Waals surface area contributed by atoms with E-state index >= 15 is 0 Å². The molecule has 0 atom stereocenters. The van der Waals surface area contributed by atoms with Crippen LogP contribution >= 0.6 is 0 Å². The van der Waals surface area contributed by atoms with E-state index in [1.54, 1.807) is 24.1 Å². The lowest BCUT2D eigenvalue weighted by Crippen LogP contribution is -2.44. The van der Waals surface area contributed by atoms with E-state index < -0.39 is 6.03 Å². The molecular formula is C14H18FN3O2. The molecule has 0 aliphatic heterocycles. The second-order valence-electron chi connectivity index (χ2n) is 5.10. The van der Waals surface area contributed by atoms with Crippen LogP contribution in [0.3, 0.4) is 0 Å². The van der Waals surface area contributed by atoms with Crippen LogP contribution < -0.4 is 10.6 Å². The molecule has 1 aromatic carbocycles. The maximum Gasteiger partial charge on any atom is 0.321 e. The quantitative estimate of drug-likeness (QED) is 0.852. The lowest BCUT2D eigenvalue weighted by molar-refractivity contribution is -0.120. The molecule has 5 nitrogen and oxygen atoms in total. The van der Waals surface area contributed by atoms with Crippen molar-refractivity contribution in [1.29, 1.82) is 0 Å². The first-order valence-corrected chi connectivity index (χ1v) is 6.56. The summed E-state index contributed by atoms with van der Waals surface area (Å²) in [5.41, 5.74) is 0.780. The summed E-state index contributed by atoms with van der Waals surface area (Å²) < 4.78 is 13.0. The number of hydrogen-bond donors (Lipinski definition) is 2. The number of benzene rings is 1. The number of nitrogens with zero attached hydrogens (tertiary/aromatic N) is 1. The average Bonchev–Trinajstić information content (AvgIpc) is 3.11. The number of hydrogen-bond acceptors (Lipinski definition) is 3. The van der Waals surface area contributed by atoms with Crippen LogP contribution in [0.25, 0.3) is 0 Å². The van der Waals surface area contributed by atoms with Crippen molar-refractivity contribution in [3.8, 4) is 0 Å². The Morgan fingerprint density at radius 3 is 2.80 bits per heavy atom. The zero-order valence-corrected chi connectivity index (χ0v) is 11.4. The summed E-state index contributed by atoms with van der Waals surface area (Å²) in [4.78, 5) is 24.7. The summed E-state index contributed by atoms with van der Waals surface area (Å²) in [6.45, 7) is 0.518. The van der Waals surface area contributed by atoms with Crippen LogP contribution in [0, 0.1) is 5.82 Å². The molecule has 1 aliphatic rings. The number of likely N-dealkylation sites (N-methyl/N-ethyl adjacent to an activating group) is 1. The predicted molar refractivity (Wildman–Crippen MR) is 72.4 cm³/mol. The van der Waals surface area contributed by atoms with Crippen LogP contribution in [-0.2, 0) is 11.3 Å². The number of imide groups is 1. The Labute approximate surface area is 117 Å². The second-order valence-corrected chi connectivity index (χ2v) is 5.10. The van der Waals surface area contributed by atoms with Gasteiger partial charge in [-0.25, -0.2) is 9.18 Å². The largest absolute Gasteiger partial charge is 0.335 e. The van der Waals surface area contributed by atoms with Crippen molar-refractivity contribution < 1.29 is 14.0 Å². The molecule has 0 bridgehead atoms. The monoisotopic (exact) mass is 279 g/mol. The van der Waals surface area contributed by atoms with Gasteiger partial charge in [0.05, 0.1) is 6.54 Å². The minimum Gasteiger partial charge on any atom is -0.335 e. The van der Waals surface area contributed by atoms with Crippen LogP contribution in [-0.4, -0.2) is 36.5 Å². The molecule has 1 aliphatic carbocycles. The van der Waals surface area contributed by atoms with Crippen molar-refractivity contribution in [2.45, 2.75) is 25.4 Å². The van der Waals surface area contributed by atoms with E-state index in [1.807, 2.05) is 0 Å². The van der Waals surface area contributed by atoms with Gasteiger partial charge in [-0.3, -0.25) is 15.0 Å². The van der Waals surface area contributed by atoms with Crippen LogP contribution in [0.1, 0.15) is 18.4 Å². The van der Waals surface area contributed by atoms with Gasteiger partial charge < -0.3 is 5.32 Å². The SMILES string of the molecule is CN(CC(=O)NC(=O)NC1CC1)Cc1cccc(F)c1. The highest BCUT2D eigenvalue weighted by Gasteiger charge is 2.24. The van der Waals surface area contributed by atoms with Gasteiger partial charge in [-0.15, -0.1) is 0 Å². The fraction of sp³-hybridized carbons (Fsp3) is 0.429. The molecule has 1 fully saturated rings. The van der Waals surface area contributed by atoms with Gasteiger partial charge in [0, 0.05) is 12.6 Å². The van der Waals surface area contributed by atoms with Crippen LogP contribution in [0.15, 0.2) is 24.3 Å². The van der Waals surface area contributed by atoms with Gasteiger partial charge in [0.15, 0.2) is 0 Å². The first kappa shape index (κ1) is 14.5. The van der Waals surface area contributed by atoms with Gasteiger partial charge in [-0.05, 0) is 37.6 Å². The average molecular weight is 279 g/mol. The van der Waals surface area contributed by atoms with E-state index in [-0.39, 0.29) is 24.3 Å². The number of nitrogens with one attached hydrogen (secondary N) is 2. The molecule has 0 spiro atoms. The fourth-order valence-electron chi connectivity index (χ4n) is 1.86. The molecule has 2 N–H and O–H groups in total. The first-order chi connectivity index (χ1) is 9.52. The van der Waals surface area contributed by atoms with Gasteiger partial charge in [-0.2, -0.15) is 0 Å². The Morgan fingerprint density at radius 1 is 1.40 bits per heavy atom. The van der Waals surface area contributed by atoms with E-state index in [2.05, 4.69) is 10.6 Å². The molecule has 0 radical (unpaired) electrons. The molecule has 20 heavy (non-hydrogen) atoms. The highest BCUT2D eigenvalue weighted by Crippen LogP contribution is 2.18. The van der Waals surface area contributed by atoms with Crippen molar-refractivity contribution in [2.24, 2.45) is 0 Å². The maximum atomic E-state index is 13.0. The predicted octanol–water partition coefficient (Wildman–Crippen LogP) is 1.25. The fourth-order valence-corrected chi connectivity index (χ4v) is 1.86. The van der Waals surface area contributed by atoms with E-state index in [0.29, 0.717) is 6.54 Å². The third-order valence-corrected chi connectivity index (χ3v) is 2.92. The molecule has 2 rings (SSSR count). The molecule has 0 saturated heterocycles. The lowest BCUT2D eigenvalue weighted by atomic mass is 10.2. The van der Waals surface area contributed by atoms with Gasteiger partial charge in [-0.1, -0.05) is 12.1 Å². The van der Waals surface area contributed by atoms with E-state index in [4.69, 9.17) is 0 Å². The minimum absolute atomic E-state index is 0.0780. The lowest BCUT2D eigenvalue weighted by Gasteiger charge is -2.16. The Bertz CT molecular complexity index is 503. The first-order valence-electron chi connectivity index (χ1n) is 6.56. The van der Waals surface area contributed by atoms with E-state index in [1.165, 1.54) is 12.1 Å². The zero-order valence-electron chi connectivity index (χ0n) is 11.4. The number of carbonyl (C=O) groups is 2. The van der Waals surface area contributed by atoms with Crippen molar-refractivity contribution in [2.75, 3.05) is 13.6 Å². The molecular weight excluding hydrogens is 261 g/mol. The molecule has 108 valence electrons. The van der Waals surface area contributed by atoms with Crippen LogP contribution in [0.5, 0.6) is 0 Å². The van der Waals surface area contributed by atoms with Crippen molar-refractivity contribution in [3.63, 3.8) is 0 Å². The zero-order chi connectivity index (χ0) is 14.5. The second kappa shape index (κ2) is 6.47. The number of urea groups is 1. The normalized spacial score (nSPS) is 14.2. The molecule has 1 saturated carbocycles. The summed E-state index contributed by atoms with van der Waals surface area (Å²) in [6, 6.07) is 5.98. The highest BCUT2D eigenvalue weighted by atomic mass is 19.1. The summed E-state index contributed by atoms with van der Waals surface area (Å²) in [5.74, 6) is -0.675. The van der Waals surface area contributed by atoms with Gasteiger partial charge in [0.2, 0.25) is 5.91 Å². The Kier molecular flexibility index (Phi) is 4.68. The smallest absolute Gasteiger partial charge is 0.321 e. The Morgan fingerprint density at radius 2 is 2.15 bits per heavy atom. The van der Waals surface area contributed by atoms with E-state index in [9.17, 15) is 14.0 Å². The highest BCUT2D eigenvalue weighted by molar-refractivity contribution is 5.95. The van der Waals surface area contributed by atoms with Crippen molar-refractivity contribution >= 4 is 11.9 Å².